The van der Waals surface area contributed by atoms with Crippen molar-refractivity contribution < 1.29 is 4.74 Å². The minimum absolute atomic E-state index is 0. The molecule has 134 valence electrons. The molecular formula is C17H32IN3OS. The van der Waals surface area contributed by atoms with Gasteiger partial charge < -0.3 is 15.4 Å². The van der Waals surface area contributed by atoms with Gasteiger partial charge in [-0.2, -0.15) is 0 Å². The number of ether oxygens (including phenoxy) is 1. The predicted molar refractivity (Wildman–Crippen MR) is 112 cm³/mol. The smallest absolute Gasteiger partial charge is 0.191 e. The molecular weight excluding hydrogens is 421 g/mol. The third-order valence-electron chi connectivity index (χ3n) is 3.11. The number of guanidine groups is 1. The largest absolute Gasteiger partial charge is 0.381 e. The van der Waals surface area contributed by atoms with Gasteiger partial charge in [-0.05, 0) is 30.7 Å². The number of rotatable bonds is 10. The zero-order valence-electron chi connectivity index (χ0n) is 14.8. The van der Waals surface area contributed by atoms with Gasteiger partial charge >= 0.3 is 0 Å². The fraction of sp³-hybridized carbons (Fsp3) is 0.706. The maximum absolute atomic E-state index is 5.59. The van der Waals surface area contributed by atoms with Crippen LogP contribution in [0.1, 0.15) is 44.9 Å². The summed E-state index contributed by atoms with van der Waals surface area (Å²) < 4.78 is 5.59. The second-order valence-electron chi connectivity index (χ2n) is 5.89. The van der Waals surface area contributed by atoms with E-state index in [9.17, 15) is 0 Å². The van der Waals surface area contributed by atoms with Crippen LogP contribution in [0.3, 0.4) is 0 Å². The van der Waals surface area contributed by atoms with Crippen molar-refractivity contribution in [3.05, 3.63) is 22.4 Å². The van der Waals surface area contributed by atoms with Crippen molar-refractivity contribution in [2.75, 3.05) is 32.8 Å². The zero-order valence-corrected chi connectivity index (χ0v) is 17.9. The SMILES string of the molecule is CCNC(=NCC(C)c1cccs1)NCCCOCC(C)C.I. The molecule has 1 heterocycles. The van der Waals surface area contributed by atoms with Crippen molar-refractivity contribution in [3.8, 4) is 0 Å². The van der Waals surface area contributed by atoms with Gasteiger partial charge in [0.25, 0.3) is 0 Å². The van der Waals surface area contributed by atoms with Crippen LogP contribution in [0.5, 0.6) is 0 Å². The van der Waals surface area contributed by atoms with Crippen LogP contribution in [0.15, 0.2) is 22.5 Å². The van der Waals surface area contributed by atoms with Crippen molar-refractivity contribution in [2.45, 2.75) is 40.0 Å². The number of nitrogens with zero attached hydrogens (tertiary/aromatic N) is 1. The predicted octanol–water partition coefficient (Wildman–Crippen LogP) is 4.09. The average Bonchev–Trinajstić information content (AvgIpc) is 3.01. The van der Waals surface area contributed by atoms with Gasteiger partial charge in [0.1, 0.15) is 0 Å². The Morgan fingerprint density at radius 2 is 2.09 bits per heavy atom. The highest BCUT2D eigenvalue weighted by atomic mass is 127. The molecule has 1 aromatic rings. The van der Waals surface area contributed by atoms with Gasteiger partial charge in [0.15, 0.2) is 5.96 Å². The Kier molecular flexibility index (Phi) is 13.8. The van der Waals surface area contributed by atoms with E-state index >= 15 is 0 Å². The standard InChI is InChI=1S/C17H31N3OS.HI/c1-5-18-17(19-9-7-10-21-13-14(2)3)20-12-15(4)16-8-6-11-22-16;/h6,8,11,14-15H,5,7,9-10,12-13H2,1-4H3,(H2,18,19,20);1H. The molecule has 0 aliphatic heterocycles. The van der Waals surface area contributed by atoms with Crippen LogP contribution in [0.4, 0.5) is 0 Å². The van der Waals surface area contributed by atoms with Gasteiger partial charge in [-0.25, -0.2) is 0 Å². The van der Waals surface area contributed by atoms with E-state index in [1.807, 2.05) is 0 Å². The Balaban J connectivity index is 0.00000484. The third-order valence-corrected chi connectivity index (χ3v) is 4.21. The van der Waals surface area contributed by atoms with Gasteiger partial charge in [-0.15, -0.1) is 35.3 Å². The Morgan fingerprint density at radius 3 is 2.70 bits per heavy atom. The first-order valence-corrected chi connectivity index (χ1v) is 9.14. The Bertz CT molecular complexity index is 410. The molecule has 0 saturated heterocycles. The molecule has 0 saturated carbocycles. The van der Waals surface area contributed by atoms with Crippen LogP contribution < -0.4 is 10.6 Å². The minimum Gasteiger partial charge on any atom is -0.381 e. The Labute approximate surface area is 162 Å². The van der Waals surface area contributed by atoms with E-state index < -0.39 is 0 Å². The van der Waals surface area contributed by atoms with Crippen LogP contribution in [-0.4, -0.2) is 38.8 Å². The highest BCUT2D eigenvalue weighted by Crippen LogP contribution is 2.20. The lowest BCUT2D eigenvalue weighted by Crippen LogP contribution is -2.38. The van der Waals surface area contributed by atoms with Crippen molar-refractivity contribution in [1.29, 1.82) is 0 Å². The molecule has 1 rings (SSSR count). The lowest BCUT2D eigenvalue weighted by atomic mass is 10.1. The monoisotopic (exact) mass is 453 g/mol. The molecule has 0 spiro atoms. The second kappa shape index (κ2) is 14.0. The molecule has 1 aromatic heterocycles. The summed E-state index contributed by atoms with van der Waals surface area (Å²) in [6, 6.07) is 4.28. The van der Waals surface area contributed by atoms with Gasteiger partial charge in [0.2, 0.25) is 0 Å². The summed E-state index contributed by atoms with van der Waals surface area (Å²) in [5.74, 6) is 1.96. The van der Waals surface area contributed by atoms with Crippen LogP contribution in [0, 0.1) is 5.92 Å². The summed E-state index contributed by atoms with van der Waals surface area (Å²) in [5.41, 5.74) is 0. The van der Waals surface area contributed by atoms with Gasteiger partial charge in [-0.1, -0.05) is 26.8 Å². The number of halogens is 1. The van der Waals surface area contributed by atoms with Gasteiger partial charge in [0, 0.05) is 37.1 Å². The molecule has 1 unspecified atom stereocenters. The minimum atomic E-state index is 0. The topological polar surface area (TPSA) is 45.7 Å². The molecule has 2 N–H and O–H groups in total. The van der Waals surface area contributed by atoms with Crippen LogP contribution in [0.2, 0.25) is 0 Å². The van der Waals surface area contributed by atoms with Crippen LogP contribution >= 0.6 is 35.3 Å². The lowest BCUT2D eigenvalue weighted by Gasteiger charge is -2.13. The van der Waals surface area contributed by atoms with Crippen molar-refractivity contribution >= 4 is 41.3 Å². The van der Waals surface area contributed by atoms with E-state index in [0.717, 1.165) is 45.2 Å². The summed E-state index contributed by atoms with van der Waals surface area (Å²) in [5, 5.41) is 8.79. The summed E-state index contributed by atoms with van der Waals surface area (Å²) in [6.45, 7) is 12.9. The molecule has 0 bridgehead atoms. The number of aliphatic imine (C=N–C) groups is 1. The van der Waals surface area contributed by atoms with Crippen molar-refractivity contribution in [2.24, 2.45) is 10.9 Å². The highest BCUT2D eigenvalue weighted by Gasteiger charge is 2.06. The molecule has 0 radical (unpaired) electrons. The quantitative estimate of drug-likeness (QED) is 0.243. The number of hydrogen-bond donors (Lipinski definition) is 2. The molecule has 0 aliphatic carbocycles. The summed E-state index contributed by atoms with van der Waals surface area (Å²) >= 11 is 1.80. The van der Waals surface area contributed by atoms with E-state index in [1.165, 1.54) is 4.88 Å². The molecule has 23 heavy (non-hydrogen) atoms. The van der Waals surface area contributed by atoms with Gasteiger partial charge in [0.05, 0.1) is 6.54 Å². The first kappa shape index (κ1) is 22.7. The first-order valence-electron chi connectivity index (χ1n) is 8.26. The second-order valence-corrected chi connectivity index (χ2v) is 6.86. The number of thiophene rings is 1. The van der Waals surface area contributed by atoms with E-state index in [4.69, 9.17) is 4.74 Å². The average molecular weight is 453 g/mol. The van der Waals surface area contributed by atoms with E-state index in [2.05, 4.69) is 60.8 Å². The Morgan fingerprint density at radius 1 is 1.30 bits per heavy atom. The highest BCUT2D eigenvalue weighted by molar-refractivity contribution is 14.0. The summed E-state index contributed by atoms with van der Waals surface area (Å²) in [6.07, 6.45) is 0.998. The zero-order chi connectivity index (χ0) is 16.2. The molecule has 1 atom stereocenters. The van der Waals surface area contributed by atoms with Crippen molar-refractivity contribution in [1.82, 2.24) is 10.6 Å². The molecule has 0 aromatic carbocycles. The molecule has 4 nitrogen and oxygen atoms in total. The van der Waals surface area contributed by atoms with E-state index in [-0.39, 0.29) is 24.0 Å². The maximum atomic E-state index is 5.59. The maximum Gasteiger partial charge on any atom is 0.191 e. The number of nitrogens with one attached hydrogen (secondary N) is 2. The third kappa shape index (κ3) is 10.9. The molecule has 6 heteroatoms. The first-order chi connectivity index (χ1) is 10.6. The summed E-state index contributed by atoms with van der Waals surface area (Å²) in [4.78, 5) is 6.07. The van der Waals surface area contributed by atoms with Gasteiger partial charge in [-0.3, -0.25) is 4.99 Å². The normalized spacial score (nSPS) is 12.8. The van der Waals surface area contributed by atoms with Crippen molar-refractivity contribution in [3.63, 3.8) is 0 Å². The number of hydrogen-bond acceptors (Lipinski definition) is 3. The molecule has 0 fully saturated rings. The van der Waals surface area contributed by atoms with E-state index in [0.29, 0.717) is 11.8 Å². The Hall–Kier alpha value is -0.340. The fourth-order valence-electron chi connectivity index (χ4n) is 1.93. The van der Waals surface area contributed by atoms with E-state index in [1.54, 1.807) is 11.3 Å². The fourth-order valence-corrected chi connectivity index (χ4v) is 2.71. The van der Waals surface area contributed by atoms with Crippen LogP contribution in [-0.2, 0) is 4.74 Å². The van der Waals surface area contributed by atoms with Crippen LogP contribution in [0.25, 0.3) is 0 Å². The summed E-state index contributed by atoms with van der Waals surface area (Å²) in [7, 11) is 0. The lowest BCUT2D eigenvalue weighted by molar-refractivity contribution is 0.108. The molecule has 0 aliphatic rings. The molecule has 0 amide bonds.